The van der Waals surface area contributed by atoms with Crippen LogP contribution in [0.1, 0.15) is 25.8 Å². The third-order valence-corrected chi connectivity index (χ3v) is 4.37. The second-order valence-corrected chi connectivity index (χ2v) is 6.37. The highest BCUT2D eigenvalue weighted by Crippen LogP contribution is 2.18. The molecule has 0 aliphatic rings. The minimum absolute atomic E-state index is 0.0742. The van der Waals surface area contributed by atoms with Crippen LogP contribution in [0.25, 0.3) is 11.4 Å². The third-order valence-electron chi connectivity index (χ3n) is 4.06. The summed E-state index contributed by atoms with van der Waals surface area (Å²) in [6.45, 7) is 7.25. The fourth-order valence-electron chi connectivity index (χ4n) is 2.62. The zero-order valence-electron chi connectivity index (χ0n) is 15.4. The predicted octanol–water partition coefficient (Wildman–Crippen LogP) is 2.29. The smallest absolute Gasteiger partial charge is 0.239 e. The maximum atomic E-state index is 12.5. The van der Waals surface area contributed by atoms with Crippen molar-refractivity contribution in [2.75, 3.05) is 19.6 Å². The lowest BCUT2D eigenvalue weighted by molar-refractivity contribution is -0.136. The van der Waals surface area contributed by atoms with Crippen LogP contribution in [0, 0.1) is 11.7 Å². The quantitative estimate of drug-likeness (QED) is 0.694. The van der Waals surface area contributed by atoms with Crippen molar-refractivity contribution in [2.24, 2.45) is 0 Å². The van der Waals surface area contributed by atoms with Crippen molar-refractivity contribution in [1.29, 1.82) is 0 Å². The first kappa shape index (κ1) is 19.8. The van der Waals surface area contributed by atoms with Crippen molar-refractivity contribution in [2.45, 2.75) is 33.7 Å². The van der Waals surface area contributed by atoms with Crippen molar-refractivity contribution in [3.05, 3.63) is 34.6 Å². The maximum absolute atomic E-state index is 12.5. The molecule has 26 heavy (non-hydrogen) atoms. The standard InChI is InChI=1S/C18H25N5O2S/c1-4-19-15(24)12-22(5-2)16(25)10-11-23-17(20-21-18(23)26)14-8-6-13(3)7-9-14/h6-9H,4-5,10-12H2,1-3H3,(H,19,24)(H,21,26). The summed E-state index contributed by atoms with van der Waals surface area (Å²) in [5.74, 6) is 0.467. The molecule has 0 spiro atoms. The Morgan fingerprint density at radius 1 is 1.27 bits per heavy atom. The van der Waals surface area contributed by atoms with Gasteiger partial charge in [0.25, 0.3) is 0 Å². The number of nitrogens with one attached hydrogen (secondary N) is 2. The van der Waals surface area contributed by atoms with Crippen LogP contribution in [0.4, 0.5) is 0 Å². The van der Waals surface area contributed by atoms with E-state index in [9.17, 15) is 9.59 Å². The van der Waals surface area contributed by atoms with E-state index in [1.807, 2.05) is 49.6 Å². The van der Waals surface area contributed by atoms with E-state index in [4.69, 9.17) is 12.2 Å². The number of hydrogen-bond donors (Lipinski definition) is 2. The van der Waals surface area contributed by atoms with Gasteiger partial charge in [-0.15, -0.1) is 0 Å². The van der Waals surface area contributed by atoms with Crippen LogP contribution < -0.4 is 5.32 Å². The molecule has 0 aliphatic heterocycles. The van der Waals surface area contributed by atoms with Crippen molar-refractivity contribution in [1.82, 2.24) is 25.0 Å². The lowest BCUT2D eigenvalue weighted by atomic mass is 10.1. The first-order valence-electron chi connectivity index (χ1n) is 8.73. The Morgan fingerprint density at radius 2 is 1.96 bits per heavy atom. The van der Waals surface area contributed by atoms with Gasteiger partial charge in [-0.3, -0.25) is 19.3 Å². The molecule has 2 N–H and O–H groups in total. The number of carbonyl (C=O) groups is 2. The Bertz CT molecular complexity index is 810. The maximum Gasteiger partial charge on any atom is 0.239 e. The molecule has 0 unspecified atom stereocenters. The lowest BCUT2D eigenvalue weighted by Gasteiger charge is -2.20. The van der Waals surface area contributed by atoms with E-state index in [1.54, 1.807) is 4.90 Å². The summed E-state index contributed by atoms with van der Waals surface area (Å²) in [6.07, 6.45) is 0.250. The lowest BCUT2D eigenvalue weighted by Crippen LogP contribution is -2.40. The highest BCUT2D eigenvalue weighted by atomic mass is 32.1. The van der Waals surface area contributed by atoms with E-state index in [0.717, 1.165) is 11.1 Å². The van der Waals surface area contributed by atoms with Crippen molar-refractivity contribution >= 4 is 24.0 Å². The van der Waals surface area contributed by atoms with E-state index < -0.39 is 0 Å². The van der Waals surface area contributed by atoms with E-state index in [2.05, 4.69) is 15.5 Å². The Kier molecular flexibility index (Phi) is 7.08. The van der Waals surface area contributed by atoms with Gasteiger partial charge in [-0.1, -0.05) is 29.8 Å². The molecule has 0 radical (unpaired) electrons. The molecule has 0 fully saturated rings. The molecule has 1 aromatic heterocycles. The summed E-state index contributed by atoms with van der Waals surface area (Å²) in [6, 6.07) is 7.97. The minimum Gasteiger partial charge on any atom is -0.355 e. The first-order valence-corrected chi connectivity index (χ1v) is 9.13. The highest BCUT2D eigenvalue weighted by Gasteiger charge is 2.16. The van der Waals surface area contributed by atoms with Gasteiger partial charge in [-0.25, -0.2) is 0 Å². The Morgan fingerprint density at radius 3 is 2.58 bits per heavy atom. The van der Waals surface area contributed by atoms with Crippen LogP contribution in [0.15, 0.2) is 24.3 Å². The van der Waals surface area contributed by atoms with Gasteiger partial charge in [-0.05, 0) is 33.0 Å². The molecule has 140 valence electrons. The molecule has 7 nitrogen and oxygen atoms in total. The molecule has 2 amide bonds. The zero-order chi connectivity index (χ0) is 19.1. The number of aryl methyl sites for hydroxylation is 1. The monoisotopic (exact) mass is 375 g/mol. The van der Waals surface area contributed by atoms with Crippen molar-refractivity contribution < 1.29 is 9.59 Å². The predicted molar refractivity (Wildman–Crippen MR) is 103 cm³/mol. The number of aromatic nitrogens is 3. The van der Waals surface area contributed by atoms with Crippen LogP contribution in [-0.4, -0.2) is 51.1 Å². The molecule has 0 bridgehead atoms. The molecule has 2 rings (SSSR count). The molecule has 2 aromatic rings. The fraction of sp³-hybridized carbons (Fsp3) is 0.444. The second-order valence-electron chi connectivity index (χ2n) is 5.98. The van der Waals surface area contributed by atoms with E-state index in [1.165, 1.54) is 0 Å². The molecule has 0 atom stereocenters. The van der Waals surface area contributed by atoms with Gasteiger partial charge in [0.2, 0.25) is 11.8 Å². The van der Waals surface area contributed by atoms with Gasteiger partial charge in [-0.2, -0.15) is 5.10 Å². The number of benzene rings is 1. The molecular formula is C18H25N5O2S. The number of nitrogens with zero attached hydrogens (tertiary/aromatic N) is 3. The normalized spacial score (nSPS) is 10.6. The minimum atomic E-state index is -0.150. The molecular weight excluding hydrogens is 350 g/mol. The van der Waals surface area contributed by atoms with Gasteiger partial charge in [0, 0.05) is 31.6 Å². The average molecular weight is 375 g/mol. The van der Waals surface area contributed by atoms with Crippen molar-refractivity contribution in [3.63, 3.8) is 0 Å². The van der Waals surface area contributed by atoms with E-state index in [-0.39, 0.29) is 24.8 Å². The second kappa shape index (κ2) is 9.28. The van der Waals surface area contributed by atoms with Gasteiger partial charge in [0.05, 0.1) is 6.54 Å². The third kappa shape index (κ3) is 5.01. The molecule has 0 saturated carbocycles. The number of H-pyrrole nitrogens is 1. The van der Waals surface area contributed by atoms with Gasteiger partial charge in [0.15, 0.2) is 10.6 Å². The van der Waals surface area contributed by atoms with Gasteiger partial charge < -0.3 is 10.2 Å². The number of rotatable bonds is 8. The number of amides is 2. The Labute approximate surface area is 158 Å². The van der Waals surface area contributed by atoms with Gasteiger partial charge in [0.1, 0.15) is 0 Å². The topological polar surface area (TPSA) is 83.0 Å². The Hall–Kier alpha value is -2.48. The number of hydrogen-bond acceptors (Lipinski definition) is 4. The van der Waals surface area contributed by atoms with Crippen LogP contribution in [-0.2, 0) is 16.1 Å². The fourth-order valence-corrected chi connectivity index (χ4v) is 2.84. The average Bonchev–Trinajstić information content (AvgIpc) is 2.99. The van der Waals surface area contributed by atoms with E-state index >= 15 is 0 Å². The highest BCUT2D eigenvalue weighted by molar-refractivity contribution is 7.71. The number of carbonyl (C=O) groups excluding carboxylic acids is 2. The zero-order valence-corrected chi connectivity index (χ0v) is 16.2. The number of aromatic amines is 1. The largest absolute Gasteiger partial charge is 0.355 e. The molecule has 1 aromatic carbocycles. The molecule has 0 aliphatic carbocycles. The first-order chi connectivity index (χ1) is 12.5. The summed E-state index contributed by atoms with van der Waals surface area (Å²) in [5.41, 5.74) is 2.10. The van der Waals surface area contributed by atoms with Gasteiger partial charge >= 0.3 is 0 Å². The van der Waals surface area contributed by atoms with E-state index in [0.29, 0.717) is 30.2 Å². The Balaban J connectivity index is 2.08. The molecule has 8 heteroatoms. The summed E-state index contributed by atoms with van der Waals surface area (Å²) < 4.78 is 2.29. The number of likely N-dealkylation sites (N-methyl/N-ethyl adjacent to an activating group) is 2. The summed E-state index contributed by atoms with van der Waals surface area (Å²) in [7, 11) is 0. The summed E-state index contributed by atoms with van der Waals surface area (Å²) in [4.78, 5) is 25.8. The van der Waals surface area contributed by atoms with Crippen LogP contribution >= 0.6 is 12.2 Å². The summed E-state index contributed by atoms with van der Waals surface area (Å²) in [5, 5.41) is 9.79. The molecule has 1 heterocycles. The summed E-state index contributed by atoms with van der Waals surface area (Å²) >= 11 is 5.31. The van der Waals surface area contributed by atoms with Crippen molar-refractivity contribution in [3.8, 4) is 11.4 Å². The van der Waals surface area contributed by atoms with Crippen LogP contribution in [0.3, 0.4) is 0 Å². The SMILES string of the molecule is CCNC(=O)CN(CC)C(=O)CCn1c(-c2ccc(C)cc2)n[nH]c1=S. The van der Waals surface area contributed by atoms with Crippen LogP contribution in [0.5, 0.6) is 0 Å². The van der Waals surface area contributed by atoms with Crippen LogP contribution in [0.2, 0.25) is 0 Å². The molecule has 0 saturated heterocycles.